The molecule has 0 aliphatic carbocycles. The van der Waals surface area contributed by atoms with Gasteiger partial charge in [0.05, 0.1) is 12.6 Å². The maximum Gasteiger partial charge on any atom is 0.176 e. The molecule has 1 aromatic heterocycles. The number of likely N-dealkylation sites (N-methyl/N-ethyl adjacent to an activating group) is 1. The van der Waals surface area contributed by atoms with Gasteiger partial charge in [-0.05, 0) is 49.5 Å². The Labute approximate surface area is 148 Å². The van der Waals surface area contributed by atoms with Gasteiger partial charge in [0.1, 0.15) is 17.9 Å². The van der Waals surface area contributed by atoms with Crippen molar-refractivity contribution in [3.63, 3.8) is 0 Å². The molecule has 0 amide bonds. The highest BCUT2D eigenvalue weighted by molar-refractivity contribution is 5.80. The van der Waals surface area contributed by atoms with E-state index in [4.69, 9.17) is 14.6 Å². The Balaban J connectivity index is 1.91. The van der Waals surface area contributed by atoms with Gasteiger partial charge in [0.25, 0.3) is 0 Å². The van der Waals surface area contributed by atoms with Gasteiger partial charge in [0.2, 0.25) is 0 Å². The van der Waals surface area contributed by atoms with Crippen LogP contribution in [0.4, 0.5) is 0 Å². The topological polar surface area (TPSA) is 39.5 Å². The van der Waals surface area contributed by atoms with Gasteiger partial charge in [-0.2, -0.15) is 4.73 Å². The minimum atomic E-state index is 0.616. The maximum atomic E-state index is 6.12. The van der Waals surface area contributed by atoms with E-state index in [0.29, 0.717) is 6.61 Å². The number of methoxy groups -OCH3 is 1. The number of benzene rings is 2. The van der Waals surface area contributed by atoms with Crippen molar-refractivity contribution in [2.24, 2.45) is 0 Å². The van der Waals surface area contributed by atoms with Crippen LogP contribution >= 0.6 is 0 Å². The van der Waals surface area contributed by atoms with Crippen molar-refractivity contribution in [2.75, 3.05) is 33.4 Å². The third-order valence-corrected chi connectivity index (χ3v) is 4.39. The molecule has 0 saturated carbocycles. The lowest BCUT2D eigenvalue weighted by molar-refractivity contribution is 0.0985. The molecular formula is C20H25N3O2. The highest BCUT2D eigenvalue weighted by Gasteiger charge is 2.14. The van der Waals surface area contributed by atoms with Crippen molar-refractivity contribution in [3.05, 3.63) is 48.5 Å². The highest BCUT2D eigenvalue weighted by Crippen LogP contribution is 2.25. The Kier molecular flexibility index (Phi) is 5.56. The second-order valence-corrected chi connectivity index (χ2v) is 5.81. The zero-order chi connectivity index (χ0) is 17.6. The molecule has 0 N–H and O–H groups in total. The fourth-order valence-corrected chi connectivity index (χ4v) is 2.86. The van der Waals surface area contributed by atoms with Gasteiger partial charge in [-0.25, -0.2) is 4.98 Å². The Bertz CT molecular complexity index is 807. The van der Waals surface area contributed by atoms with Crippen molar-refractivity contribution in [2.45, 2.75) is 13.8 Å². The Morgan fingerprint density at radius 3 is 2.40 bits per heavy atom. The molecule has 0 saturated heterocycles. The van der Waals surface area contributed by atoms with E-state index in [0.717, 1.165) is 47.8 Å². The number of imidazole rings is 1. The lowest BCUT2D eigenvalue weighted by Crippen LogP contribution is -2.30. The zero-order valence-corrected chi connectivity index (χ0v) is 15.1. The Hall–Kier alpha value is -2.53. The number of aromatic nitrogens is 2. The molecule has 0 bridgehead atoms. The van der Waals surface area contributed by atoms with Crippen LogP contribution in [0.25, 0.3) is 22.4 Å². The molecule has 0 fully saturated rings. The summed E-state index contributed by atoms with van der Waals surface area (Å²) in [4.78, 5) is 13.2. The number of fused-ring (bicyclic) bond motifs is 1. The van der Waals surface area contributed by atoms with Crippen LogP contribution in [0.1, 0.15) is 13.8 Å². The van der Waals surface area contributed by atoms with Gasteiger partial charge in [-0.1, -0.05) is 26.0 Å². The van der Waals surface area contributed by atoms with Gasteiger partial charge >= 0.3 is 0 Å². The normalized spacial score (nSPS) is 11.2. The van der Waals surface area contributed by atoms with E-state index in [9.17, 15) is 0 Å². The number of para-hydroxylation sites is 2. The summed E-state index contributed by atoms with van der Waals surface area (Å²) in [5, 5.41) is 0. The molecule has 0 atom stereocenters. The first-order valence-corrected chi connectivity index (χ1v) is 8.74. The second kappa shape index (κ2) is 8.03. The number of nitrogens with zero attached hydrogens (tertiary/aromatic N) is 3. The summed E-state index contributed by atoms with van der Waals surface area (Å²) < 4.78 is 7.09. The average molecular weight is 339 g/mol. The van der Waals surface area contributed by atoms with Crippen molar-refractivity contribution < 1.29 is 9.57 Å². The van der Waals surface area contributed by atoms with Crippen molar-refractivity contribution in [1.29, 1.82) is 0 Å². The minimum Gasteiger partial charge on any atom is -0.497 e. The first-order valence-electron chi connectivity index (χ1n) is 8.74. The van der Waals surface area contributed by atoms with Gasteiger partial charge < -0.3 is 14.5 Å². The monoisotopic (exact) mass is 339 g/mol. The molecular weight excluding hydrogens is 314 g/mol. The first-order chi connectivity index (χ1) is 12.3. The lowest BCUT2D eigenvalue weighted by atomic mass is 10.2. The summed E-state index contributed by atoms with van der Waals surface area (Å²) in [7, 11) is 1.67. The van der Waals surface area contributed by atoms with Crippen LogP contribution in [0.3, 0.4) is 0 Å². The molecule has 25 heavy (non-hydrogen) atoms. The summed E-state index contributed by atoms with van der Waals surface area (Å²) in [6.45, 7) is 7.89. The van der Waals surface area contributed by atoms with Crippen LogP contribution in [0, 0.1) is 0 Å². The molecule has 1 heterocycles. The molecule has 0 radical (unpaired) electrons. The number of hydrogen-bond acceptors (Lipinski definition) is 4. The van der Waals surface area contributed by atoms with Crippen LogP contribution in [-0.2, 0) is 0 Å². The van der Waals surface area contributed by atoms with Crippen molar-refractivity contribution >= 4 is 11.0 Å². The van der Waals surface area contributed by atoms with Crippen LogP contribution in [0.2, 0.25) is 0 Å². The maximum absolute atomic E-state index is 6.12. The van der Waals surface area contributed by atoms with Gasteiger partial charge in [-0.15, -0.1) is 0 Å². The zero-order valence-electron chi connectivity index (χ0n) is 15.1. The first kappa shape index (κ1) is 17.3. The van der Waals surface area contributed by atoms with Gasteiger partial charge in [-0.3, -0.25) is 0 Å². The predicted octanol–water partition coefficient (Wildman–Crippen LogP) is 3.48. The van der Waals surface area contributed by atoms with Crippen LogP contribution < -0.4 is 9.57 Å². The van der Waals surface area contributed by atoms with Crippen LogP contribution in [0.15, 0.2) is 48.5 Å². The summed E-state index contributed by atoms with van der Waals surface area (Å²) >= 11 is 0. The summed E-state index contributed by atoms with van der Waals surface area (Å²) in [5.41, 5.74) is 2.91. The van der Waals surface area contributed by atoms with Crippen molar-refractivity contribution in [1.82, 2.24) is 14.6 Å². The van der Waals surface area contributed by atoms with Crippen LogP contribution in [0.5, 0.6) is 5.75 Å². The van der Waals surface area contributed by atoms with Gasteiger partial charge in [0.15, 0.2) is 5.82 Å². The molecule has 0 aliphatic heterocycles. The van der Waals surface area contributed by atoms with E-state index < -0.39 is 0 Å². The smallest absolute Gasteiger partial charge is 0.176 e. The molecule has 3 aromatic rings. The van der Waals surface area contributed by atoms with Crippen LogP contribution in [-0.4, -0.2) is 48.0 Å². The molecule has 2 aromatic carbocycles. The Morgan fingerprint density at radius 2 is 1.72 bits per heavy atom. The van der Waals surface area contributed by atoms with E-state index in [2.05, 4.69) is 18.7 Å². The average Bonchev–Trinajstić information content (AvgIpc) is 3.04. The standard InChI is InChI=1S/C20H25N3O2/c1-4-22(5-2)14-15-25-23-19-9-7-6-8-18(19)21-20(23)16-10-12-17(24-3)13-11-16/h6-13H,4-5,14-15H2,1-3H3. The second-order valence-electron chi connectivity index (χ2n) is 5.81. The van der Waals surface area contributed by atoms with E-state index in [1.807, 2.05) is 53.3 Å². The number of rotatable bonds is 8. The molecule has 5 heteroatoms. The minimum absolute atomic E-state index is 0.616. The summed E-state index contributed by atoms with van der Waals surface area (Å²) in [5.74, 6) is 1.64. The SMILES string of the molecule is CCN(CC)CCOn1c(-c2ccc(OC)cc2)nc2ccccc21. The molecule has 3 rings (SSSR count). The number of hydrogen-bond donors (Lipinski definition) is 0. The fraction of sp³-hybridized carbons (Fsp3) is 0.350. The lowest BCUT2D eigenvalue weighted by Gasteiger charge is -2.19. The highest BCUT2D eigenvalue weighted by atomic mass is 16.7. The molecule has 5 nitrogen and oxygen atoms in total. The number of ether oxygens (including phenoxy) is 1. The fourth-order valence-electron chi connectivity index (χ4n) is 2.86. The van der Waals surface area contributed by atoms with Crippen molar-refractivity contribution in [3.8, 4) is 17.1 Å². The predicted molar refractivity (Wildman–Crippen MR) is 101 cm³/mol. The molecule has 0 aliphatic rings. The molecule has 0 unspecified atom stereocenters. The Morgan fingerprint density at radius 1 is 1.00 bits per heavy atom. The summed E-state index contributed by atoms with van der Waals surface area (Å²) in [6.07, 6.45) is 0. The largest absolute Gasteiger partial charge is 0.497 e. The molecule has 0 spiro atoms. The van der Waals surface area contributed by atoms with E-state index in [1.165, 1.54) is 0 Å². The summed E-state index contributed by atoms with van der Waals surface area (Å²) in [6, 6.07) is 15.9. The van der Waals surface area contributed by atoms with E-state index in [-0.39, 0.29) is 0 Å². The van der Waals surface area contributed by atoms with Gasteiger partial charge in [0, 0.05) is 12.1 Å². The third kappa shape index (κ3) is 3.77. The van der Waals surface area contributed by atoms with E-state index in [1.54, 1.807) is 7.11 Å². The quantitative estimate of drug-likeness (QED) is 0.630. The third-order valence-electron chi connectivity index (χ3n) is 4.39. The molecule has 132 valence electrons. The van der Waals surface area contributed by atoms with E-state index >= 15 is 0 Å².